The van der Waals surface area contributed by atoms with Crippen LogP contribution in [0, 0.1) is 41.4 Å². The minimum atomic E-state index is -4.75. The maximum absolute atomic E-state index is 15.1. The van der Waals surface area contributed by atoms with Crippen molar-refractivity contribution in [1.29, 1.82) is 0 Å². The van der Waals surface area contributed by atoms with Crippen molar-refractivity contribution in [3.8, 4) is 0 Å². The van der Waals surface area contributed by atoms with Crippen LogP contribution in [-0.2, 0) is 52.7 Å². The lowest BCUT2D eigenvalue weighted by Gasteiger charge is -2.38. The number of likely N-dealkylation sites (N-methyl/N-ethyl adjacent to an activating group) is 7. The number of alkyl halides is 4. The van der Waals surface area contributed by atoms with Crippen LogP contribution in [0.25, 0.3) is 0 Å². The van der Waals surface area contributed by atoms with E-state index >= 15 is 4.39 Å². The van der Waals surface area contributed by atoms with Gasteiger partial charge in [0.1, 0.15) is 48.0 Å². The highest BCUT2D eigenvalue weighted by molar-refractivity contribution is 5.98. The van der Waals surface area contributed by atoms with Crippen LogP contribution < -0.4 is 21.3 Å². The van der Waals surface area contributed by atoms with Crippen molar-refractivity contribution in [3.05, 3.63) is 0 Å². The van der Waals surface area contributed by atoms with Gasteiger partial charge in [0.05, 0.1) is 25.6 Å². The van der Waals surface area contributed by atoms with Crippen LogP contribution in [0.3, 0.4) is 0 Å². The molecule has 11 amide bonds. The summed E-state index contributed by atoms with van der Waals surface area (Å²) in [5.41, 5.74) is -1.69. The van der Waals surface area contributed by atoms with Gasteiger partial charge in [-0.2, -0.15) is 13.2 Å². The third-order valence-electron chi connectivity index (χ3n) is 18.6. The lowest BCUT2D eigenvalue weighted by atomic mass is 9.78. The predicted octanol–water partition coefficient (Wildman–Crippen LogP) is 5.31. The Labute approximate surface area is 532 Å². The van der Waals surface area contributed by atoms with E-state index in [9.17, 15) is 65.9 Å². The highest BCUT2D eigenvalue weighted by Crippen LogP contribution is 2.42. The summed E-state index contributed by atoms with van der Waals surface area (Å²) < 4.78 is 56.3. The summed E-state index contributed by atoms with van der Waals surface area (Å²) in [6, 6.07) is -7.26. The van der Waals surface area contributed by atoms with E-state index in [1.165, 1.54) is 77.9 Å². The molecule has 1 aliphatic heterocycles. The molecule has 514 valence electrons. The SMILES string of the molecule is CC[C@H](C)[C@@H]1NC(=O)[C@H](CC(C)C)N(C)C(=O)CCN(C)C(=O)[C@H](CC(C)C)NC(=O)C(C)(C)N(C)C(=O)[C@H](CC(C)C)NC(=O)[C@H](CCC2CCC(C(F)(F)F)C(F)C2)NC(=O)CN(C)C(=O)[C@H](CC2CCCCC2)N(C)C(=O)CN(C)C(=O)CN(C)C1=O. The number of nitrogens with zero attached hydrogens (tertiary/aromatic N) is 7. The summed E-state index contributed by atoms with van der Waals surface area (Å²) in [4.78, 5) is 166. The number of rotatable bonds is 13. The average Bonchev–Trinajstić information content (AvgIpc) is 1.26. The predicted molar refractivity (Wildman–Crippen MR) is 333 cm³/mol. The maximum atomic E-state index is 15.1. The molecule has 2 aliphatic carbocycles. The summed E-state index contributed by atoms with van der Waals surface area (Å²) in [6.45, 7) is 15.8. The summed E-state index contributed by atoms with van der Waals surface area (Å²) in [5.74, 6) is -11.0. The Bertz CT molecular complexity index is 2480. The lowest BCUT2D eigenvalue weighted by molar-refractivity contribution is -0.201. The van der Waals surface area contributed by atoms with Crippen molar-refractivity contribution in [2.75, 3.05) is 75.5 Å². The molecule has 4 N–H and O–H groups in total. The quantitative estimate of drug-likeness (QED) is 0.172. The first-order valence-electron chi connectivity index (χ1n) is 32.4. The van der Waals surface area contributed by atoms with Gasteiger partial charge in [0, 0.05) is 62.3 Å². The fraction of sp³-hybridized carbons (Fsp3) is 0.828. The van der Waals surface area contributed by atoms with Crippen molar-refractivity contribution in [1.82, 2.24) is 55.6 Å². The van der Waals surface area contributed by atoms with Crippen LogP contribution in [0.15, 0.2) is 0 Å². The van der Waals surface area contributed by atoms with Gasteiger partial charge < -0.3 is 55.6 Å². The zero-order valence-corrected chi connectivity index (χ0v) is 56.9. The normalized spacial score (nSPS) is 27.8. The first-order valence-corrected chi connectivity index (χ1v) is 32.4. The van der Waals surface area contributed by atoms with Gasteiger partial charge in [0.2, 0.25) is 65.0 Å². The molecule has 3 fully saturated rings. The molecule has 26 heteroatoms. The fourth-order valence-corrected chi connectivity index (χ4v) is 12.1. The minimum absolute atomic E-state index is 0.00230. The zero-order valence-electron chi connectivity index (χ0n) is 56.9. The van der Waals surface area contributed by atoms with E-state index in [4.69, 9.17) is 0 Å². The molecule has 3 rings (SSSR count). The van der Waals surface area contributed by atoms with Gasteiger partial charge in [-0.15, -0.1) is 0 Å². The Hall–Kier alpha value is -6.11. The number of nitrogens with one attached hydrogen (secondary N) is 4. The number of halogens is 4. The topological polar surface area (TPSA) is 259 Å². The molecule has 3 unspecified atom stereocenters. The molecule has 1 saturated heterocycles. The van der Waals surface area contributed by atoms with Crippen LogP contribution in [-0.4, -0.2) is 229 Å². The van der Waals surface area contributed by atoms with E-state index in [-0.39, 0.29) is 81.6 Å². The van der Waals surface area contributed by atoms with Gasteiger partial charge >= 0.3 is 6.18 Å². The maximum Gasteiger partial charge on any atom is 0.394 e. The van der Waals surface area contributed by atoms with Gasteiger partial charge in [-0.3, -0.25) is 52.7 Å². The monoisotopic (exact) mass is 1280 g/mol. The molecular formula is C64H109F4N11O11. The molecule has 22 nitrogen and oxygen atoms in total. The largest absolute Gasteiger partial charge is 0.394 e. The second-order valence-corrected chi connectivity index (χ2v) is 27.8. The Balaban J connectivity index is 2.17. The first-order chi connectivity index (χ1) is 41.7. The van der Waals surface area contributed by atoms with E-state index in [0.717, 1.165) is 51.7 Å². The van der Waals surface area contributed by atoms with Gasteiger partial charge in [-0.1, -0.05) is 93.9 Å². The molecule has 0 spiro atoms. The first kappa shape index (κ1) is 78.1. The second kappa shape index (κ2) is 35.1. The average molecular weight is 1280 g/mol. The highest BCUT2D eigenvalue weighted by Gasteiger charge is 2.48. The molecule has 0 aromatic rings. The smallest absolute Gasteiger partial charge is 0.343 e. The number of carbonyl (C=O) groups excluding carboxylic acids is 11. The summed E-state index contributed by atoms with van der Waals surface area (Å²) in [6.07, 6.45) is -2.93. The van der Waals surface area contributed by atoms with E-state index in [1.807, 2.05) is 34.6 Å². The molecule has 2 saturated carbocycles. The zero-order chi connectivity index (χ0) is 68.4. The number of hydrogen-bond donors (Lipinski definition) is 4. The Morgan fingerprint density at radius 1 is 0.533 bits per heavy atom. The fourth-order valence-electron chi connectivity index (χ4n) is 12.1. The van der Waals surface area contributed by atoms with E-state index in [1.54, 1.807) is 20.8 Å². The number of hydrogen-bond acceptors (Lipinski definition) is 11. The molecule has 0 aromatic carbocycles. The molecule has 10 atom stereocenters. The van der Waals surface area contributed by atoms with Gasteiger partial charge in [0.15, 0.2) is 0 Å². The van der Waals surface area contributed by atoms with Gasteiger partial charge in [-0.05, 0) is 107 Å². The van der Waals surface area contributed by atoms with Crippen molar-refractivity contribution < 1.29 is 70.3 Å². The molecule has 1 heterocycles. The Kier molecular flexibility index (Phi) is 30.4. The van der Waals surface area contributed by atoms with Crippen molar-refractivity contribution in [2.24, 2.45) is 41.4 Å². The van der Waals surface area contributed by atoms with Gasteiger partial charge in [-0.25, -0.2) is 4.39 Å². The number of amides is 11. The molecular weight excluding hydrogens is 1170 g/mol. The third kappa shape index (κ3) is 22.9. The number of carbonyl (C=O) groups is 11. The Morgan fingerprint density at radius 2 is 1.08 bits per heavy atom. The summed E-state index contributed by atoms with van der Waals surface area (Å²) in [7, 11) is 9.84. The summed E-state index contributed by atoms with van der Waals surface area (Å²) in [5, 5.41) is 11.1. The van der Waals surface area contributed by atoms with Crippen LogP contribution >= 0.6 is 0 Å². The van der Waals surface area contributed by atoms with E-state index < -0.39 is 169 Å². The van der Waals surface area contributed by atoms with Crippen molar-refractivity contribution in [2.45, 2.75) is 226 Å². The Morgan fingerprint density at radius 3 is 1.62 bits per heavy atom. The lowest BCUT2D eigenvalue weighted by Crippen LogP contribution is -2.63. The summed E-state index contributed by atoms with van der Waals surface area (Å²) >= 11 is 0. The van der Waals surface area contributed by atoms with Gasteiger partial charge in [0.25, 0.3) is 0 Å². The van der Waals surface area contributed by atoms with Crippen LogP contribution in [0.1, 0.15) is 172 Å². The standard InChI is InChI=1S/C64H109F4N11O11/c1-18-41(8)55-61(89)76(14)36-53(82)74(12)37-54(83)78(16)50(34-42-22-20-19-21-23-42)60(88)75(13)35-51(80)69-46(27-25-43-24-26-44(45(65)33-43)64(66,67)68)56(84)70-48(31-39(4)5)59(87)79(17)63(9,10)62(90)71-47(30-38(2)3)58(86)73(11)29-28-52(81)77(15)49(32-40(6)7)57(85)72-55/h38-50,55H,18-37H2,1-17H3,(H,69,80)(H,70,84)(H,71,90)(H,72,85)/t41-,43?,44?,45?,46-,47-,48-,49-,50-,55-/m0/s1. The van der Waals surface area contributed by atoms with Crippen LogP contribution in [0.2, 0.25) is 0 Å². The molecule has 90 heavy (non-hydrogen) atoms. The third-order valence-corrected chi connectivity index (χ3v) is 18.6. The van der Waals surface area contributed by atoms with Crippen molar-refractivity contribution >= 4 is 65.0 Å². The van der Waals surface area contributed by atoms with E-state index in [2.05, 4.69) is 21.3 Å². The molecule has 0 radical (unpaired) electrons. The molecule has 3 aliphatic rings. The molecule has 0 aromatic heterocycles. The second-order valence-electron chi connectivity index (χ2n) is 27.8. The highest BCUT2D eigenvalue weighted by atomic mass is 19.4. The molecule has 0 bridgehead atoms. The minimum Gasteiger partial charge on any atom is -0.343 e. The van der Waals surface area contributed by atoms with Crippen molar-refractivity contribution in [3.63, 3.8) is 0 Å². The van der Waals surface area contributed by atoms with E-state index in [0.29, 0.717) is 6.42 Å². The van der Waals surface area contributed by atoms with Crippen LogP contribution in [0.4, 0.5) is 17.6 Å². The van der Waals surface area contributed by atoms with Crippen LogP contribution in [0.5, 0.6) is 0 Å².